The van der Waals surface area contributed by atoms with Crippen LogP contribution in [0.5, 0.6) is 0 Å². The van der Waals surface area contributed by atoms with Crippen LogP contribution in [-0.4, -0.2) is 38.7 Å². The molecule has 3 heterocycles. The lowest BCUT2D eigenvalue weighted by Crippen LogP contribution is -2.14. The standard InChI is InChI=1S/C12H14N4O2.C8H12N2O.C2H6/c1-15-6-9(4-10(15)7-17)14-12(18)11-3-8(13)5-16(11)2;1-6(11)8-4-7(9-2)5-10(8)3;1-2/h3-7H,13H2,1-2H3,(H,14,18);4-5,9H,1-3H3;1-2H3. The fourth-order valence-electron chi connectivity index (χ4n) is 2.83. The van der Waals surface area contributed by atoms with Crippen LogP contribution in [0.2, 0.25) is 0 Å². The van der Waals surface area contributed by atoms with E-state index in [-0.39, 0.29) is 11.7 Å². The number of rotatable bonds is 5. The van der Waals surface area contributed by atoms with Crippen LogP contribution < -0.4 is 16.4 Å². The fourth-order valence-corrected chi connectivity index (χ4v) is 2.83. The van der Waals surface area contributed by atoms with Gasteiger partial charge in [-0.3, -0.25) is 14.4 Å². The van der Waals surface area contributed by atoms with Gasteiger partial charge in [0.2, 0.25) is 0 Å². The topological polar surface area (TPSA) is 116 Å². The Morgan fingerprint density at radius 1 is 0.903 bits per heavy atom. The monoisotopic (exact) mass is 428 g/mol. The lowest BCUT2D eigenvalue weighted by molar-refractivity contribution is 0.100. The summed E-state index contributed by atoms with van der Waals surface area (Å²) in [5.41, 5.74) is 9.37. The summed E-state index contributed by atoms with van der Waals surface area (Å²) in [6.07, 6.45) is 5.96. The van der Waals surface area contributed by atoms with Crippen LogP contribution in [0.4, 0.5) is 17.1 Å². The highest BCUT2D eigenvalue weighted by Gasteiger charge is 2.12. The highest BCUT2D eigenvalue weighted by atomic mass is 16.2. The number of amides is 1. The zero-order valence-electron chi connectivity index (χ0n) is 19.2. The molecule has 3 rings (SSSR count). The summed E-state index contributed by atoms with van der Waals surface area (Å²) in [7, 11) is 7.17. The van der Waals surface area contributed by atoms with Gasteiger partial charge in [0, 0.05) is 53.7 Å². The number of nitrogen functional groups attached to an aromatic ring is 1. The van der Waals surface area contributed by atoms with Gasteiger partial charge in [-0.2, -0.15) is 0 Å². The quantitative estimate of drug-likeness (QED) is 0.426. The molecule has 0 aliphatic carbocycles. The van der Waals surface area contributed by atoms with Crippen molar-refractivity contribution in [2.24, 2.45) is 21.1 Å². The van der Waals surface area contributed by atoms with E-state index in [1.165, 1.54) is 0 Å². The molecule has 4 N–H and O–H groups in total. The van der Waals surface area contributed by atoms with Crippen LogP contribution in [0, 0.1) is 0 Å². The third-order valence-electron chi connectivity index (χ3n) is 4.34. The zero-order chi connectivity index (χ0) is 23.7. The molecule has 31 heavy (non-hydrogen) atoms. The van der Waals surface area contributed by atoms with Gasteiger partial charge in [-0.1, -0.05) is 13.8 Å². The molecule has 0 aliphatic heterocycles. The molecule has 0 saturated heterocycles. The third kappa shape index (κ3) is 6.63. The van der Waals surface area contributed by atoms with Crippen molar-refractivity contribution in [2.75, 3.05) is 23.4 Å². The highest BCUT2D eigenvalue weighted by Crippen LogP contribution is 2.15. The average Bonchev–Trinajstić information content (AvgIpc) is 3.39. The molecule has 3 aromatic heterocycles. The molecule has 168 valence electrons. The molecule has 0 atom stereocenters. The lowest BCUT2D eigenvalue weighted by atomic mass is 10.3. The number of hydrogen-bond acceptors (Lipinski definition) is 5. The molecule has 3 aromatic rings. The van der Waals surface area contributed by atoms with E-state index in [0.717, 1.165) is 17.7 Å². The molecule has 0 aliphatic rings. The minimum atomic E-state index is -0.266. The maximum atomic E-state index is 12.0. The second-order valence-electron chi connectivity index (χ2n) is 6.64. The Morgan fingerprint density at radius 2 is 1.48 bits per heavy atom. The van der Waals surface area contributed by atoms with Gasteiger partial charge in [0.1, 0.15) is 5.69 Å². The molecular formula is C22H32N6O3. The predicted molar refractivity (Wildman–Crippen MR) is 125 cm³/mol. The number of ketones is 1. The van der Waals surface area contributed by atoms with E-state index in [1.807, 2.05) is 44.8 Å². The maximum Gasteiger partial charge on any atom is 0.272 e. The van der Waals surface area contributed by atoms with Crippen molar-refractivity contribution in [3.05, 3.63) is 53.9 Å². The number of carbonyl (C=O) groups is 3. The molecule has 9 heteroatoms. The van der Waals surface area contributed by atoms with Crippen molar-refractivity contribution in [1.82, 2.24) is 13.7 Å². The number of hydrogen-bond donors (Lipinski definition) is 3. The van der Waals surface area contributed by atoms with Gasteiger partial charge in [0.15, 0.2) is 12.1 Å². The number of anilines is 3. The van der Waals surface area contributed by atoms with Gasteiger partial charge in [0.25, 0.3) is 5.91 Å². The predicted octanol–water partition coefficient (Wildman–Crippen LogP) is 3.31. The normalized spacial score (nSPS) is 9.65. The first-order chi connectivity index (χ1) is 14.7. The van der Waals surface area contributed by atoms with Crippen LogP contribution in [0.15, 0.2) is 36.8 Å². The van der Waals surface area contributed by atoms with Gasteiger partial charge in [-0.15, -0.1) is 0 Å². The number of carbonyl (C=O) groups excluding carboxylic acids is 3. The van der Waals surface area contributed by atoms with Crippen LogP contribution in [0.3, 0.4) is 0 Å². The number of aromatic nitrogens is 3. The lowest BCUT2D eigenvalue weighted by Gasteiger charge is -2.03. The first-order valence-corrected chi connectivity index (χ1v) is 9.86. The van der Waals surface area contributed by atoms with Crippen molar-refractivity contribution < 1.29 is 14.4 Å². The van der Waals surface area contributed by atoms with E-state index in [2.05, 4.69) is 10.6 Å². The summed E-state index contributed by atoms with van der Waals surface area (Å²) in [4.78, 5) is 33.6. The van der Waals surface area contributed by atoms with E-state index in [4.69, 9.17) is 5.73 Å². The van der Waals surface area contributed by atoms with Gasteiger partial charge in [0.05, 0.1) is 28.5 Å². The van der Waals surface area contributed by atoms with Crippen LogP contribution in [-0.2, 0) is 21.1 Å². The summed E-state index contributed by atoms with van der Waals surface area (Å²) in [6, 6.07) is 5.04. The number of Topliss-reactive ketones (excluding diaryl/α,β-unsaturated/α-hetero) is 1. The van der Waals surface area contributed by atoms with Crippen LogP contribution >= 0.6 is 0 Å². The minimum Gasteiger partial charge on any atom is -0.397 e. The summed E-state index contributed by atoms with van der Waals surface area (Å²) in [6.45, 7) is 5.56. The van der Waals surface area contributed by atoms with Crippen molar-refractivity contribution in [3.8, 4) is 0 Å². The van der Waals surface area contributed by atoms with Crippen molar-refractivity contribution in [3.63, 3.8) is 0 Å². The molecule has 1 amide bonds. The maximum absolute atomic E-state index is 12.0. The number of nitrogens with one attached hydrogen (secondary N) is 2. The minimum absolute atomic E-state index is 0.0917. The first-order valence-electron chi connectivity index (χ1n) is 9.86. The number of aldehydes is 1. The van der Waals surface area contributed by atoms with E-state index in [9.17, 15) is 14.4 Å². The van der Waals surface area contributed by atoms with E-state index < -0.39 is 0 Å². The summed E-state index contributed by atoms with van der Waals surface area (Å²) in [5.74, 6) is -0.175. The fraction of sp³-hybridized carbons (Fsp3) is 0.318. The van der Waals surface area contributed by atoms with Gasteiger partial charge in [-0.25, -0.2) is 0 Å². The highest BCUT2D eigenvalue weighted by molar-refractivity contribution is 6.04. The molecule has 0 radical (unpaired) electrons. The van der Waals surface area contributed by atoms with Crippen LogP contribution in [0.1, 0.15) is 52.2 Å². The third-order valence-corrected chi connectivity index (χ3v) is 4.34. The largest absolute Gasteiger partial charge is 0.397 e. The molecule has 0 spiro atoms. The molecule has 0 bridgehead atoms. The van der Waals surface area contributed by atoms with E-state index in [0.29, 0.717) is 22.8 Å². The van der Waals surface area contributed by atoms with Gasteiger partial charge in [-0.05, 0) is 18.2 Å². The second-order valence-corrected chi connectivity index (χ2v) is 6.64. The Hall–Kier alpha value is -3.75. The van der Waals surface area contributed by atoms with Crippen molar-refractivity contribution in [2.45, 2.75) is 20.8 Å². The molecular weight excluding hydrogens is 396 g/mol. The average molecular weight is 429 g/mol. The number of nitrogens with two attached hydrogens (primary N) is 1. The van der Waals surface area contributed by atoms with Crippen molar-refractivity contribution >= 4 is 35.0 Å². The first kappa shape index (κ1) is 25.3. The molecule has 0 unspecified atom stereocenters. The summed E-state index contributed by atoms with van der Waals surface area (Å²) < 4.78 is 5.10. The number of nitrogens with zero attached hydrogens (tertiary/aromatic N) is 3. The van der Waals surface area contributed by atoms with E-state index >= 15 is 0 Å². The Kier molecular flexibility index (Phi) is 9.33. The van der Waals surface area contributed by atoms with Gasteiger partial charge >= 0.3 is 0 Å². The van der Waals surface area contributed by atoms with E-state index in [1.54, 1.807) is 54.7 Å². The Bertz CT molecular complexity index is 1040. The second kappa shape index (κ2) is 11.4. The number of aryl methyl sites for hydroxylation is 3. The smallest absolute Gasteiger partial charge is 0.272 e. The Balaban J connectivity index is 0.000000317. The Labute approximate surface area is 182 Å². The summed E-state index contributed by atoms with van der Waals surface area (Å²) >= 11 is 0. The van der Waals surface area contributed by atoms with Crippen LogP contribution in [0.25, 0.3) is 0 Å². The van der Waals surface area contributed by atoms with Crippen molar-refractivity contribution in [1.29, 1.82) is 0 Å². The summed E-state index contributed by atoms with van der Waals surface area (Å²) in [5, 5.41) is 5.68. The zero-order valence-corrected chi connectivity index (χ0v) is 19.2. The molecule has 9 nitrogen and oxygen atoms in total. The Morgan fingerprint density at radius 3 is 1.87 bits per heavy atom. The van der Waals surface area contributed by atoms with Gasteiger partial charge < -0.3 is 30.1 Å². The SMILES string of the molecule is CC.CNc1cc(C(C)=O)n(C)c1.Cn1cc(NC(=O)c2cc(N)cn2C)cc1C=O. The molecule has 0 fully saturated rings. The molecule has 0 saturated carbocycles. The molecule has 0 aromatic carbocycles.